The molecule has 1 saturated carbocycles. The molecular formula is C23H23F2NO5. The molecule has 3 aliphatic rings. The Morgan fingerprint density at radius 1 is 1.13 bits per heavy atom. The molecule has 164 valence electrons. The Morgan fingerprint density at radius 2 is 1.90 bits per heavy atom. The monoisotopic (exact) mass is 431 g/mol. The van der Waals surface area contributed by atoms with Gasteiger partial charge in [-0.2, -0.15) is 0 Å². The molecular weight excluding hydrogens is 408 g/mol. The fourth-order valence-electron chi connectivity index (χ4n) is 4.84. The zero-order chi connectivity index (χ0) is 21.7. The van der Waals surface area contributed by atoms with Crippen LogP contribution in [-0.2, 0) is 0 Å². The maximum Gasteiger partial charge on any atom is 0.257 e. The van der Waals surface area contributed by atoms with E-state index in [0.29, 0.717) is 43.0 Å². The van der Waals surface area contributed by atoms with Gasteiger partial charge in [-0.1, -0.05) is 12.1 Å². The van der Waals surface area contributed by atoms with Crippen LogP contribution in [0.3, 0.4) is 0 Å². The summed E-state index contributed by atoms with van der Waals surface area (Å²) >= 11 is 0. The van der Waals surface area contributed by atoms with Gasteiger partial charge in [-0.3, -0.25) is 4.79 Å². The van der Waals surface area contributed by atoms with Gasteiger partial charge in [0.1, 0.15) is 6.10 Å². The van der Waals surface area contributed by atoms with Gasteiger partial charge in [-0.05, 0) is 55.4 Å². The normalized spacial score (nSPS) is 26.6. The molecule has 0 aromatic heterocycles. The van der Waals surface area contributed by atoms with Gasteiger partial charge >= 0.3 is 0 Å². The minimum Gasteiger partial charge on any atom is -0.482 e. The molecule has 0 radical (unpaired) electrons. The summed E-state index contributed by atoms with van der Waals surface area (Å²) in [5, 5.41) is 10.6. The lowest BCUT2D eigenvalue weighted by Crippen LogP contribution is -2.42. The lowest BCUT2D eigenvalue weighted by molar-refractivity contribution is -0.0263. The molecule has 1 N–H and O–H groups in total. The first-order valence-corrected chi connectivity index (χ1v) is 10.4. The largest absolute Gasteiger partial charge is 0.482 e. The summed E-state index contributed by atoms with van der Waals surface area (Å²) in [7, 11) is 0. The van der Waals surface area contributed by atoms with Gasteiger partial charge in [0.2, 0.25) is 6.79 Å². The molecule has 0 unspecified atom stereocenters. The first-order chi connectivity index (χ1) is 14.9. The fraction of sp³-hybridized carbons (Fsp3) is 0.435. The van der Waals surface area contributed by atoms with E-state index >= 15 is 0 Å². The first-order valence-electron chi connectivity index (χ1n) is 10.4. The third-order valence-corrected chi connectivity index (χ3v) is 6.51. The topological polar surface area (TPSA) is 68.2 Å². The summed E-state index contributed by atoms with van der Waals surface area (Å²) in [5.74, 6) is -0.979. The van der Waals surface area contributed by atoms with E-state index in [1.54, 1.807) is 23.1 Å². The van der Waals surface area contributed by atoms with E-state index in [1.807, 2.05) is 0 Å². The van der Waals surface area contributed by atoms with Crippen LogP contribution in [0.5, 0.6) is 17.2 Å². The second-order valence-electron chi connectivity index (χ2n) is 8.47. The predicted octanol–water partition coefficient (Wildman–Crippen LogP) is 3.29. The second kappa shape index (κ2) is 7.67. The number of rotatable bonds is 3. The van der Waals surface area contributed by atoms with Crippen LogP contribution < -0.4 is 14.2 Å². The Bertz CT molecular complexity index is 1030. The van der Waals surface area contributed by atoms with E-state index in [2.05, 4.69) is 0 Å². The molecule has 1 saturated heterocycles. The molecule has 2 aliphatic heterocycles. The molecule has 4 atom stereocenters. The van der Waals surface area contributed by atoms with Crippen LogP contribution in [0, 0.1) is 30.4 Å². The molecule has 31 heavy (non-hydrogen) atoms. The van der Waals surface area contributed by atoms with Crippen LogP contribution in [0.15, 0.2) is 30.3 Å². The van der Waals surface area contributed by atoms with Gasteiger partial charge in [0.15, 0.2) is 28.9 Å². The first kappa shape index (κ1) is 20.1. The maximum absolute atomic E-state index is 14.4. The van der Waals surface area contributed by atoms with Gasteiger partial charge in [-0.15, -0.1) is 0 Å². The van der Waals surface area contributed by atoms with Crippen LogP contribution in [-0.4, -0.2) is 48.0 Å². The number of hydrogen-bond donors (Lipinski definition) is 1. The molecule has 5 rings (SSSR count). The van der Waals surface area contributed by atoms with Crippen molar-refractivity contribution in [3.8, 4) is 17.2 Å². The lowest BCUT2D eigenvalue weighted by Gasteiger charge is -2.35. The fourth-order valence-corrected chi connectivity index (χ4v) is 4.84. The molecule has 1 aliphatic carbocycles. The number of carbonyl (C=O) groups is 1. The number of ether oxygens (including phenoxy) is 3. The maximum atomic E-state index is 14.4. The Morgan fingerprint density at radius 3 is 2.71 bits per heavy atom. The van der Waals surface area contributed by atoms with Crippen LogP contribution in [0.4, 0.5) is 8.78 Å². The number of aliphatic hydroxyl groups is 1. The summed E-state index contributed by atoms with van der Waals surface area (Å²) in [5.41, 5.74) is 0.727. The molecule has 2 aromatic rings. The van der Waals surface area contributed by atoms with Crippen molar-refractivity contribution < 1.29 is 32.9 Å². The van der Waals surface area contributed by atoms with E-state index in [0.717, 1.165) is 6.07 Å². The average Bonchev–Trinajstić information content (AvgIpc) is 3.40. The van der Waals surface area contributed by atoms with E-state index in [-0.39, 0.29) is 30.1 Å². The van der Waals surface area contributed by atoms with Crippen molar-refractivity contribution in [2.45, 2.75) is 32.0 Å². The highest BCUT2D eigenvalue weighted by Gasteiger charge is 2.45. The van der Waals surface area contributed by atoms with Crippen molar-refractivity contribution in [1.82, 2.24) is 4.90 Å². The predicted molar refractivity (Wildman–Crippen MR) is 106 cm³/mol. The van der Waals surface area contributed by atoms with Gasteiger partial charge in [0, 0.05) is 13.1 Å². The van der Waals surface area contributed by atoms with Crippen molar-refractivity contribution in [2.75, 3.05) is 19.9 Å². The number of fused-ring (bicyclic) bond motifs is 2. The van der Waals surface area contributed by atoms with Crippen LogP contribution in [0.25, 0.3) is 0 Å². The number of aryl methyl sites for hydroxylation is 1. The van der Waals surface area contributed by atoms with E-state index < -0.39 is 29.6 Å². The third kappa shape index (κ3) is 3.48. The number of amides is 1. The van der Waals surface area contributed by atoms with Crippen molar-refractivity contribution >= 4 is 5.91 Å². The van der Waals surface area contributed by atoms with Crippen LogP contribution in [0.2, 0.25) is 0 Å². The standard InChI is InChI=1S/C23H23F2NO5/c1-12-5-6-16(24)22(20(12)25)31-19-8-14-10-26(9-13(14)7-17(19)27)23(28)15-3-2-4-18-21(15)30-11-29-18/h2-6,13-14,17,19,27H,7-11H2,1H3/t13-,14+,17+,19+/m0/s1. The van der Waals surface area contributed by atoms with Gasteiger partial charge < -0.3 is 24.2 Å². The van der Waals surface area contributed by atoms with E-state index in [1.165, 1.54) is 13.0 Å². The SMILES string of the molecule is Cc1ccc(F)c(O[C@@H]2C[C@@H]3CN(C(=O)c4cccc5c4OCO5)C[C@@H]3C[C@H]2O)c1F. The molecule has 1 amide bonds. The van der Waals surface area contributed by atoms with E-state index in [9.17, 15) is 18.7 Å². The summed E-state index contributed by atoms with van der Waals surface area (Å²) in [4.78, 5) is 14.9. The Hall–Kier alpha value is -2.87. The number of carbonyl (C=O) groups excluding carboxylic acids is 1. The van der Waals surface area contributed by atoms with Crippen molar-refractivity contribution in [3.05, 3.63) is 53.1 Å². The highest BCUT2D eigenvalue weighted by atomic mass is 19.1. The summed E-state index contributed by atoms with van der Waals surface area (Å²) in [6, 6.07) is 7.72. The zero-order valence-corrected chi connectivity index (χ0v) is 17.0. The minimum absolute atomic E-state index is 0.0715. The number of benzene rings is 2. The van der Waals surface area contributed by atoms with E-state index in [4.69, 9.17) is 14.2 Å². The third-order valence-electron chi connectivity index (χ3n) is 6.51. The Labute approximate surface area is 178 Å². The number of para-hydroxylation sites is 1. The molecule has 8 heteroatoms. The highest BCUT2D eigenvalue weighted by molar-refractivity contribution is 5.98. The zero-order valence-electron chi connectivity index (χ0n) is 17.0. The number of nitrogens with zero attached hydrogens (tertiary/aromatic N) is 1. The summed E-state index contributed by atoms with van der Waals surface area (Å²) in [6.07, 6.45) is -0.788. The molecule has 2 aromatic carbocycles. The number of halogens is 2. The minimum atomic E-state index is -0.867. The lowest BCUT2D eigenvalue weighted by atomic mass is 9.78. The Kier molecular flexibility index (Phi) is 4.97. The number of likely N-dealkylation sites (tertiary alicyclic amines) is 1. The van der Waals surface area contributed by atoms with Gasteiger partial charge in [0.05, 0.1) is 11.7 Å². The molecule has 2 heterocycles. The number of hydrogen-bond acceptors (Lipinski definition) is 5. The highest BCUT2D eigenvalue weighted by Crippen LogP contribution is 2.41. The van der Waals surface area contributed by atoms with Crippen molar-refractivity contribution in [3.63, 3.8) is 0 Å². The van der Waals surface area contributed by atoms with Crippen LogP contribution >= 0.6 is 0 Å². The average molecular weight is 431 g/mol. The smallest absolute Gasteiger partial charge is 0.257 e. The molecule has 0 bridgehead atoms. The van der Waals surface area contributed by atoms with Crippen LogP contribution in [0.1, 0.15) is 28.8 Å². The summed E-state index contributed by atoms with van der Waals surface area (Å²) in [6.45, 7) is 2.61. The molecule has 2 fully saturated rings. The van der Waals surface area contributed by atoms with Gasteiger partial charge in [-0.25, -0.2) is 8.78 Å². The second-order valence-corrected chi connectivity index (χ2v) is 8.47. The van der Waals surface area contributed by atoms with Crippen molar-refractivity contribution in [2.24, 2.45) is 11.8 Å². The van der Waals surface area contributed by atoms with Gasteiger partial charge in [0.25, 0.3) is 5.91 Å². The molecule has 0 spiro atoms. The quantitative estimate of drug-likeness (QED) is 0.808. The molecule has 6 nitrogen and oxygen atoms in total. The van der Waals surface area contributed by atoms with Crippen molar-refractivity contribution in [1.29, 1.82) is 0 Å². The Balaban J connectivity index is 1.31. The summed E-state index contributed by atoms with van der Waals surface area (Å²) < 4.78 is 44.9. The number of aliphatic hydroxyl groups excluding tert-OH is 1.